The Balaban J connectivity index is 2.45. The molecule has 2 N–H and O–H groups in total. The maximum atomic E-state index is 12.8. The van der Waals surface area contributed by atoms with Gasteiger partial charge in [-0.2, -0.15) is 0 Å². The summed E-state index contributed by atoms with van der Waals surface area (Å²) in [5, 5.41) is 20.6. The van der Waals surface area contributed by atoms with Crippen LogP contribution in [0.3, 0.4) is 0 Å². The van der Waals surface area contributed by atoms with E-state index >= 15 is 0 Å². The van der Waals surface area contributed by atoms with Gasteiger partial charge in [0.15, 0.2) is 0 Å². The summed E-state index contributed by atoms with van der Waals surface area (Å²) in [5.41, 5.74) is 5.12. The average Bonchev–Trinajstić information content (AvgIpc) is 2.84. The van der Waals surface area contributed by atoms with Crippen molar-refractivity contribution in [2.45, 2.75) is 99.0 Å². The van der Waals surface area contributed by atoms with Crippen molar-refractivity contribution >= 4 is 11.9 Å². The number of carbonyl (C=O) groups excluding carboxylic acids is 1. The van der Waals surface area contributed by atoms with Gasteiger partial charge in [-0.3, -0.25) is 9.59 Å². The third-order valence-electron chi connectivity index (χ3n) is 9.01. The molecule has 0 aromatic heterocycles. The molecule has 0 spiro atoms. The molecule has 2 atom stereocenters. The first-order valence-corrected chi connectivity index (χ1v) is 14.0. The quantitative estimate of drug-likeness (QED) is 0.335. The van der Waals surface area contributed by atoms with Crippen molar-refractivity contribution < 1.29 is 19.8 Å². The van der Waals surface area contributed by atoms with Crippen molar-refractivity contribution in [3.05, 3.63) is 69.8 Å². The fraction of sp³-hybridized carbons (Fsp3) is 0.576. The van der Waals surface area contributed by atoms with Crippen LogP contribution in [0.2, 0.25) is 0 Å². The Kier molecular flexibility index (Phi) is 9.99. The van der Waals surface area contributed by atoms with Gasteiger partial charge in [0.25, 0.3) is 5.91 Å². The number of carboxylic acid groups (broad SMARTS) is 1. The zero-order valence-electron chi connectivity index (χ0n) is 25.2. The van der Waals surface area contributed by atoms with E-state index in [0.29, 0.717) is 12.0 Å². The van der Waals surface area contributed by atoms with Crippen molar-refractivity contribution in [2.24, 2.45) is 11.3 Å². The lowest BCUT2D eigenvalue weighted by atomic mass is 9.66. The highest BCUT2D eigenvalue weighted by Crippen LogP contribution is 2.43. The van der Waals surface area contributed by atoms with Gasteiger partial charge in [0.1, 0.15) is 6.54 Å². The molecule has 2 aromatic carbocycles. The molecule has 2 unspecified atom stereocenters. The van der Waals surface area contributed by atoms with Crippen LogP contribution in [-0.4, -0.2) is 46.2 Å². The maximum Gasteiger partial charge on any atom is 0.323 e. The summed E-state index contributed by atoms with van der Waals surface area (Å²) < 4.78 is 0. The maximum absolute atomic E-state index is 12.8. The van der Waals surface area contributed by atoms with E-state index in [2.05, 4.69) is 79.7 Å². The lowest BCUT2D eigenvalue weighted by Gasteiger charge is -2.44. The highest BCUT2D eigenvalue weighted by atomic mass is 16.4. The third-order valence-corrected chi connectivity index (χ3v) is 9.01. The third kappa shape index (κ3) is 6.14. The summed E-state index contributed by atoms with van der Waals surface area (Å²) in [6.07, 6.45) is 3.35. The van der Waals surface area contributed by atoms with E-state index in [0.717, 1.165) is 30.4 Å². The van der Waals surface area contributed by atoms with Crippen molar-refractivity contribution in [3.8, 4) is 0 Å². The van der Waals surface area contributed by atoms with Crippen molar-refractivity contribution in [1.82, 2.24) is 4.90 Å². The Morgan fingerprint density at radius 3 is 1.84 bits per heavy atom. The minimum atomic E-state index is -1.03. The molecule has 0 aliphatic rings. The van der Waals surface area contributed by atoms with Crippen molar-refractivity contribution in [1.29, 1.82) is 0 Å². The van der Waals surface area contributed by atoms with Crippen LogP contribution in [0.5, 0.6) is 0 Å². The molecule has 0 aliphatic carbocycles. The van der Waals surface area contributed by atoms with E-state index in [-0.39, 0.29) is 29.2 Å². The predicted molar refractivity (Wildman–Crippen MR) is 156 cm³/mol. The van der Waals surface area contributed by atoms with Crippen LogP contribution in [0.15, 0.2) is 36.4 Å². The first kappa shape index (κ1) is 31.6. The van der Waals surface area contributed by atoms with Gasteiger partial charge in [-0.15, -0.1) is 0 Å². The summed E-state index contributed by atoms with van der Waals surface area (Å²) in [4.78, 5) is 25.1. The first-order chi connectivity index (χ1) is 17.6. The molecule has 2 rings (SSSR count). The van der Waals surface area contributed by atoms with Gasteiger partial charge in [-0.25, -0.2) is 0 Å². The number of carbonyl (C=O) groups is 2. The Morgan fingerprint density at radius 1 is 0.895 bits per heavy atom. The second kappa shape index (κ2) is 12.0. The predicted octanol–water partition coefficient (Wildman–Crippen LogP) is 6.93. The molecule has 0 heterocycles. The molecular formula is C33H49NO4. The van der Waals surface area contributed by atoms with Gasteiger partial charge in [0.2, 0.25) is 0 Å². The number of rotatable bonds is 11. The van der Waals surface area contributed by atoms with Gasteiger partial charge in [0, 0.05) is 18.0 Å². The normalized spacial score (nSPS) is 14.6. The molecule has 1 amide bonds. The molecule has 38 heavy (non-hydrogen) atoms. The lowest BCUT2D eigenvalue weighted by Crippen LogP contribution is -2.48. The van der Waals surface area contributed by atoms with Crippen LogP contribution < -0.4 is 0 Å². The number of amides is 1. The zero-order chi connectivity index (χ0) is 29.1. The van der Waals surface area contributed by atoms with Crippen LogP contribution in [0.4, 0.5) is 0 Å². The number of likely N-dealkylation sites (N-methyl/N-ethyl adjacent to an activating group) is 1. The molecule has 0 aliphatic heterocycles. The summed E-state index contributed by atoms with van der Waals surface area (Å²) in [6.45, 7) is 18.7. The average molecular weight is 524 g/mol. The van der Waals surface area contributed by atoms with Gasteiger partial charge >= 0.3 is 5.97 Å². The summed E-state index contributed by atoms with van der Waals surface area (Å²) in [5.74, 6) is -1.20. The zero-order valence-corrected chi connectivity index (χ0v) is 25.2. The largest absolute Gasteiger partial charge is 0.480 e. The summed E-state index contributed by atoms with van der Waals surface area (Å²) >= 11 is 0. The Bertz CT molecular complexity index is 1140. The van der Waals surface area contributed by atoms with Crippen LogP contribution >= 0.6 is 0 Å². The number of hydrogen-bond acceptors (Lipinski definition) is 3. The van der Waals surface area contributed by atoms with E-state index in [9.17, 15) is 14.7 Å². The van der Waals surface area contributed by atoms with E-state index < -0.39 is 11.6 Å². The topological polar surface area (TPSA) is 77.8 Å². The Morgan fingerprint density at radius 2 is 1.42 bits per heavy atom. The second-order valence-electron chi connectivity index (χ2n) is 12.1. The van der Waals surface area contributed by atoms with Crippen molar-refractivity contribution in [3.63, 3.8) is 0 Å². The van der Waals surface area contributed by atoms with Crippen molar-refractivity contribution in [2.75, 3.05) is 13.6 Å². The van der Waals surface area contributed by atoms with Gasteiger partial charge in [-0.1, -0.05) is 78.8 Å². The minimum absolute atomic E-state index is 0.117. The van der Waals surface area contributed by atoms with Crippen LogP contribution in [0.25, 0.3) is 0 Å². The fourth-order valence-electron chi connectivity index (χ4n) is 6.25. The van der Waals surface area contributed by atoms with Gasteiger partial charge < -0.3 is 15.1 Å². The van der Waals surface area contributed by atoms with Gasteiger partial charge in [-0.05, 0) is 84.7 Å². The number of aliphatic carboxylic acids is 1. The van der Waals surface area contributed by atoms with Gasteiger partial charge in [0.05, 0.1) is 5.60 Å². The van der Waals surface area contributed by atoms with E-state index in [1.165, 1.54) is 28.6 Å². The number of hydrogen-bond donors (Lipinski definition) is 2. The Hall–Kier alpha value is -2.66. The van der Waals surface area contributed by atoms with Crippen LogP contribution in [0.1, 0.15) is 106 Å². The highest BCUT2D eigenvalue weighted by Gasteiger charge is 2.43. The molecule has 0 saturated heterocycles. The molecule has 0 saturated carbocycles. The molecule has 0 fully saturated rings. The van der Waals surface area contributed by atoms with Crippen LogP contribution in [-0.2, 0) is 16.6 Å². The van der Waals surface area contributed by atoms with Crippen LogP contribution in [0, 0.1) is 25.2 Å². The highest BCUT2D eigenvalue weighted by molar-refractivity contribution is 5.97. The SMILES string of the molecule is CCC(CC)(c1ccc(CC(C)C(O)(CC)C(C)(C)C)c(C)c1)c1ccc(C(=O)N(C)CC(=O)O)c(C)c1. The number of carboxylic acids is 1. The van der Waals surface area contributed by atoms with E-state index in [1.54, 1.807) is 0 Å². The lowest BCUT2D eigenvalue weighted by molar-refractivity contribution is -0.137. The summed E-state index contributed by atoms with van der Waals surface area (Å²) in [7, 11) is 1.51. The monoisotopic (exact) mass is 523 g/mol. The molecule has 0 radical (unpaired) electrons. The van der Waals surface area contributed by atoms with E-state index in [4.69, 9.17) is 5.11 Å². The first-order valence-electron chi connectivity index (χ1n) is 14.0. The minimum Gasteiger partial charge on any atom is -0.480 e. The standard InChI is InChI=1S/C33H49NO4/c1-11-32(12-2,27-16-17-28(23(5)19-27)30(37)34(10)21-29(35)36)26-15-14-25(22(4)18-26)20-24(6)33(38,13-3)31(7,8)9/h14-19,24,38H,11-13,20-21H2,1-10H3,(H,35,36). The summed E-state index contributed by atoms with van der Waals surface area (Å²) in [6, 6.07) is 12.7. The smallest absolute Gasteiger partial charge is 0.323 e. The molecule has 210 valence electrons. The molecular weight excluding hydrogens is 474 g/mol. The number of benzene rings is 2. The fourth-order valence-corrected chi connectivity index (χ4v) is 6.25. The number of aryl methyl sites for hydroxylation is 2. The molecule has 2 aromatic rings. The molecule has 0 bridgehead atoms. The van der Waals surface area contributed by atoms with E-state index in [1.807, 2.05) is 19.1 Å². The number of nitrogens with zero attached hydrogens (tertiary/aromatic N) is 1. The number of aliphatic hydroxyl groups is 1. The second-order valence-corrected chi connectivity index (χ2v) is 12.1. The Labute approximate surface area is 230 Å². The molecule has 5 heteroatoms. The molecule has 5 nitrogen and oxygen atoms in total.